The molecule has 0 unspecified atom stereocenters. The molecule has 1 heterocycles. The van der Waals surface area contributed by atoms with Gasteiger partial charge >= 0.3 is 5.97 Å². The maximum Gasteiger partial charge on any atom is 0.328 e. The Morgan fingerprint density at radius 2 is 2.11 bits per heavy atom. The molecule has 0 bridgehead atoms. The van der Waals surface area contributed by atoms with Gasteiger partial charge in [0, 0.05) is 0 Å². The molecule has 8 nitrogen and oxygen atoms in total. The van der Waals surface area contributed by atoms with Crippen molar-refractivity contribution in [3.05, 3.63) is 24.2 Å². The zero-order chi connectivity index (χ0) is 14.4. The van der Waals surface area contributed by atoms with E-state index in [1.807, 2.05) is 0 Å². The zero-order valence-electron chi connectivity index (χ0n) is 10.1. The number of aliphatic carboxylic acids is 1. The molecule has 8 heteroatoms. The monoisotopic (exact) mass is 270 g/mol. The Bertz CT molecular complexity index is 454. The van der Waals surface area contributed by atoms with Gasteiger partial charge in [0.2, 0.25) is 5.91 Å². The van der Waals surface area contributed by atoms with Crippen molar-refractivity contribution in [1.82, 2.24) is 10.6 Å². The fourth-order valence-electron chi connectivity index (χ4n) is 1.27. The summed E-state index contributed by atoms with van der Waals surface area (Å²) in [7, 11) is 0. The summed E-state index contributed by atoms with van der Waals surface area (Å²) in [6.07, 6.45) is 0.0605. The van der Waals surface area contributed by atoms with Crippen LogP contribution in [-0.2, 0) is 9.59 Å². The number of rotatable bonds is 6. The second-order valence-corrected chi connectivity index (χ2v) is 3.78. The molecule has 0 aliphatic rings. The largest absolute Gasteiger partial charge is 0.480 e. The summed E-state index contributed by atoms with van der Waals surface area (Å²) in [6, 6.07) is 1.51. The predicted octanol–water partition coefficient (Wildman–Crippen LogP) is -1.04. The molecular formula is C11H14N2O6. The van der Waals surface area contributed by atoms with Gasteiger partial charge in [-0.05, 0) is 19.1 Å². The van der Waals surface area contributed by atoms with Crippen LogP contribution in [0, 0.1) is 0 Å². The first-order valence-corrected chi connectivity index (χ1v) is 5.43. The van der Waals surface area contributed by atoms with E-state index in [1.165, 1.54) is 25.3 Å². The Morgan fingerprint density at radius 1 is 1.42 bits per heavy atom. The number of aliphatic hydroxyl groups excluding tert-OH is 1. The molecule has 1 aromatic heterocycles. The summed E-state index contributed by atoms with van der Waals surface area (Å²) in [6.45, 7) is 0.816. The lowest BCUT2D eigenvalue weighted by molar-refractivity contribution is -0.144. The molecule has 1 rings (SSSR count). The van der Waals surface area contributed by atoms with Crippen LogP contribution in [0.3, 0.4) is 0 Å². The molecule has 1 aromatic rings. The van der Waals surface area contributed by atoms with Crippen LogP contribution in [0.4, 0.5) is 0 Å². The summed E-state index contributed by atoms with van der Waals surface area (Å²) < 4.78 is 4.81. The number of carboxylic acids is 1. The minimum absolute atomic E-state index is 0.0399. The van der Waals surface area contributed by atoms with Gasteiger partial charge in [-0.2, -0.15) is 0 Å². The maximum absolute atomic E-state index is 11.4. The highest BCUT2D eigenvalue weighted by Gasteiger charge is 2.25. The Balaban J connectivity index is 2.43. The van der Waals surface area contributed by atoms with Crippen LogP contribution in [0.15, 0.2) is 22.8 Å². The molecule has 4 N–H and O–H groups in total. The van der Waals surface area contributed by atoms with Crippen molar-refractivity contribution in [3.8, 4) is 0 Å². The van der Waals surface area contributed by atoms with Gasteiger partial charge in [-0.1, -0.05) is 0 Å². The van der Waals surface area contributed by atoms with Crippen molar-refractivity contribution in [2.75, 3.05) is 6.54 Å². The van der Waals surface area contributed by atoms with E-state index < -0.39 is 36.5 Å². The molecule has 0 saturated heterocycles. The highest BCUT2D eigenvalue weighted by Crippen LogP contribution is 1.98. The van der Waals surface area contributed by atoms with Crippen molar-refractivity contribution < 1.29 is 29.0 Å². The summed E-state index contributed by atoms with van der Waals surface area (Å²) in [5, 5.41) is 22.2. The third-order valence-corrected chi connectivity index (χ3v) is 2.22. The molecule has 0 saturated carbocycles. The minimum Gasteiger partial charge on any atom is -0.480 e. The van der Waals surface area contributed by atoms with E-state index in [0.717, 1.165) is 0 Å². The number of carbonyl (C=O) groups is 3. The predicted molar refractivity (Wildman–Crippen MR) is 62.3 cm³/mol. The SMILES string of the molecule is C[C@@H](O)[C@H](NC(=O)CNC(=O)c1ccco1)C(=O)O. The molecule has 2 amide bonds. The number of carboxylic acid groups (broad SMARTS) is 1. The summed E-state index contributed by atoms with van der Waals surface area (Å²) in [4.78, 5) is 33.5. The maximum atomic E-state index is 11.4. The third kappa shape index (κ3) is 4.43. The molecule has 0 radical (unpaired) electrons. The van der Waals surface area contributed by atoms with Crippen LogP contribution in [-0.4, -0.2) is 46.7 Å². The second kappa shape index (κ2) is 6.55. The molecule has 0 spiro atoms. The average molecular weight is 270 g/mol. The van der Waals surface area contributed by atoms with E-state index in [1.54, 1.807) is 0 Å². The van der Waals surface area contributed by atoms with E-state index >= 15 is 0 Å². The molecule has 0 fully saturated rings. The normalized spacial score (nSPS) is 13.4. The fraction of sp³-hybridized carbons (Fsp3) is 0.364. The van der Waals surface area contributed by atoms with Crippen molar-refractivity contribution in [2.24, 2.45) is 0 Å². The number of nitrogens with one attached hydrogen (secondary N) is 2. The van der Waals surface area contributed by atoms with Crippen LogP contribution in [0.2, 0.25) is 0 Å². The van der Waals surface area contributed by atoms with Gasteiger partial charge in [-0.25, -0.2) is 4.79 Å². The van der Waals surface area contributed by atoms with Crippen molar-refractivity contribution in [2.45, 2.75) is 19.1 Å². The smallest absolute Gasteiger partial charge is 0.328 e. The number of carbonyl (C=O) groups excluding carboxylic acids is 2. The summed E-state index contributed by atoms with van der Waals surface area (Å²) >= 11 is 0. The van der Waals surface area contributed by atoms with Crippen LogP contribution in [0.5, 0.6) is 0 Å². The lowest BCUT2D eigenvalue weighted by Crippen LogP contribution is -2.50. The summed E-state index contributed by atoms with van der Waals surface area (Å²) in [5.41, 5.74) is 0. The lowest BCUT2D eigenvalue weighted by atomic mass is 10.2. The Kier molecular flexibility index (Phi) is 5.07. The highest BCUT2D eigenvalue weighted by atomic mass is 16.4. The first-order chi connectivity index (χ1) is 8.91. The van der Waals surface area contributed by atoms with Crippen molar-refractivity contribution >= 4 is 17.8 Å². The third-order valence-electron chi connectivity index (χ3n) is 2.22. The van der Waals surface area contributed by atoms with Crippen molar-refractivity contribution in [3.63, 3.8) is 0 Å². The molecule has 0 aliphatic carbocycles. The number of furan rings is 1. The molecule has 0 aliphatic heterocycles. The topological polar surface area (TPSA) is 129 Å². The highest BCUT2D eigenvalue weighted by molar-refractivity contribution is 5.94. The van der Waals surface area contributed by atoms with E-state index in [4.69, 9.17) is 14.6 Å². The van der Waals surface area contributed by atoms with Crippen molar-refractivity contribution in [1.29, 1.82) is 0 Å². The Morgan fingerprint density at radius 3 is 2.58 bits per heavy atom. The number of hydrogen-bond donors (Lipinski definition) is 4. The van der Waals surface area contributed by atoms with Gasteiger partial charge in [0.05, 0.1) is 18.9 Å². The number of hydrogen-bond acceptors (Lipinski definition) is 5. The Hall–Kier alpha value is -2.35. The van der Waals surface area contributed by atoms with Gasteiger partial charge in [0.1, 0.15) is 0 Å². The fourth-order valence-corrected chi connectivity index (χ4v) is 1.27. The van der Waals surface area contributed by atoms with E-state index in [-0.39, 0.29) is 5.76 Å². The first kappa shape index (κ1) is 14.7. The molecule has 104 valence electrons. The molecule has 2 atom stereocenters. The van der Waals surface area contributed by atoms with Gasteiger partial charge in [-0.3, -0.25) is 9.59 Å². The summed E-state index contributed by atoms with van der Waals surface area (Å²) in [5.74, 6) is -2.64. The van der Waals surface area contributed by atoms with Gasteiger partial charge < -0.3 is 25.3 Å². The van der Waals surface area contributed by atoms with Gasteiger partial charge in [0.15, 0.2) is 11.8 Å². The number of aliphatic hydroxyl groups is 1. The van der Waals surface area contributed by atoms with E-state index in [9.17, 15) is 14.4 Å². The van der Waals surface area contributed by atoms with Crippen LogP contribution in [0.25, 0.3) is 0 Å². The molecular weight excluding hydrogens is 256 g/mol. The standard InChI is InChI=1S/C11H14N2O6/c1-6(14)9(11(17)18)13-8(15)5-12-10(16)7-3-2-4-19-7/h2-4,6,9,14H,5H2,1H3,(H,12,16)(H,13,15)(H,17,18)/t6-,9+/m1/s1. The van der Waals surface area contributed by atoms with E-state index in [0.29, 0.717) is 0 Å². The quantitative estimate of drug-likeness (QED) is 0.522. The number of amides is 2. The Labute approximate surface area is 108 Å². The van der Waals surface area contributed by atoms with Crippen LogP contribution >= 0.6 is 0 Å². The first-order valence-electron chi connectivity index (χ1n) is 5.43. The van der Waals surface area contributed by atoms with Crippen LogP contribution in [0.1, 0.15) is 17.5 Å². The van der Waals surface area contributed by atoms with Gasteiger partial charge in [-0.15, -0.1) is 0 Å². The van der Waals surface area contributed by atoms with Gasteiger partial charge in [0.25, 0.3) is 5.91 Å². The average Bonchev–Trinajstić information content (AvgIpc) is 2.85. The lowest BCUT2D eigenvalue weighted by Gasteiger charge is -2.16. The zero-order valence-corrected chi connectivity index (χ0v) is 10.1. The molecule has 19 heavy (non-hydrogen) atoms. The second-order valence-electron chi connectivity index (χ2n) is 3.78. The van der Waals surface area contributed by atoms with Crippen LogP contribution < -0.4 is 10.6 Å². The minimum atomic E-state index is -1.42. The van der Waals surface area contributed by atoms with E-state index in [2.05, 4.69) is 10.6 Å². The molecule has 0 aromatic carbocycles.